The average molecular weight is 531 g/mol. The monoisotopic (exact) mass is 530 g/mol. The highest BCUT2D eigenvalue weighted by Gasteiger charge is 2.21. The first-order chi connectivity index (χ1) is 17.5. The van der Waals surface area contributed by atoms with E-state index in [9.17, 15) is 29.1 Å². The number of carboxylic acid groups (broad SMARTS) is 1. The predicted molar refractivity (Wildman–Crippen MR) is 133 cm³/mol. The van der Waals surface area contributed by atoms with Gasteiger partial charge in [0.05, 0.1) is 13.1 Å². The van der Waals surface area contributed by atoms with Crippen LogP contribution in [0.4, 0.5) is 0 Å². The summed E-state index contributed by atoms with van der Waals surface area (Å²) in [6.45, 7) is 10.5. The smallest absolute Gasteiger partial charge is 0.317 e. The zero-order valence-electron chi connectivity index (χ0n) is 22.1. The number of nitrogens with one attached hydrogen (secondary N) is 2. The quantitative estimate of drug-likeness (QED) is 0.175. The molecule has 2 amide bonds. The van der Waals surface area contributed by atoms with Gasteiger partial charge in [-0.25, -0.2) is 0 Å². The maximum atomic E-state index is 12.6. The third kappa shape index (κ3) is 15.1. The molecule has 1 rings (SSSR count). The van der Waals surface area contributed by atoms with Crippen molar-refractivity contribution in [3.05, 3.63) is 0 Å². The van der Waals surface area contributed by atoms with Gasteiger partial charge in [-0.1, -0.05) is 20.8 Å². The molecule has 1 fully saturated rings. The molecule has 0 radical (unpaired) electrons. The van der Waals surface area contributed by atoms with Gasteiger partial charge in [-0.05, 0) is 0 Å². The number of nitrogens with zero attached hydrogens (tertiary/aromatic N) is 4. The van der Waals surface area contributed by atoms with E-state index in [0.29, 0.717) is 71.8 Å². The third-order valence-electron chi connectivity index (χ3n) is 5.72. The highest BCUT2D eigenvalue weighted by Crippen LogP contribution is 2.11. The zero-order valence-corrected chi connectivity index (χ0v) is 22.1. The molecule has 0 aliphatic carbocycles. The Hall–Kier alpha value is -2.81. The molecule has 0 bridgehead atoms. The van der Waals surface area contributed by atoms with Crippen molar-refractivity contribution >= 4 is 30.7 Å². The highest BCUT2D eigenvalue weighted by atomic mass is 16.5. The summed E-state index contributed by atoms with van der Waals surface area (Å²) < 4.78 is 9.82. The molecular formula is C23H42N6O8. The second-order valence-corrected chi connectivity index (χ2v) is 9.82. The summed E-state index contributed by atoms with van der Waals surface area (Å²) in [5.41, 5.74) is -0.511. The summed E-state index contributed by atoms with van der Waals surface area (Å²) in [5.74, 6) is -1.27. The van der Waals surface area contributed by atoms with Crippen LogP contribution in [0.5, 0.6) is 0 Å². The molecule has 0 aromatic rings. The van der Waals surface area contributed by atoms with Crippen molar-refractivity contribution in [3.63, 3.8) is 0 Å². The molecular weight excluding hydrogens is 488 g/mol. The second kappa shape index (κ2) is 17.6. The Morgan fingerprint density at radius 1 is 0.730 bits per heavy atom. The molecule has 0 unspecified atom stereocenters. The Kier molecular flexibility index (Phi) is 15.3. The maximum absolute atomic E-state index is 12.6. The van der Waals surface area contributed by atoms with Crippen LogP contribution in [0.3, 0.4) is 0 Å². The standard InChI is InChI=1S/C23H42N6O8/c1-23(2,3)22(35)25-5-4-24-20(32)14-26-6-7-27(15-21(33)34)9-11-29(17-37-19-31)13-12-28(10-8-26)16-36-18-30/h18-19H,4-17H2,1-3H3,(H,24,32)(H,25,35)(H,33,34). The summed E-state index contributed by atoms with van der Waals surface area (Å²) >= 11 is 0. The molecule has 1 saturated heterocycles. The van der Waals surface area contributed by atoms with Crippen molar-refractivity contribution < 1.29 is 38.6 Å². The van der Waals surface area contributed by atoms with Gasteiger partial charge in [-0.15, -0.1) is 0 Å². The summed E-state index contributed by atoms with van der Waals surface area (Å²) in [6.07, 6.45) is 0. The first kappa shape index (κ1) is 32.2. The van der Waals surface area contributed by atoms with Crippen LogP contribution < -0.4 is 10.6 Å². The SMILES string of the molecule is CC(C)(C)C(=O)NCCNC(=O)CN1CCN(COC=O)CCN(COC=O)CCN(CC(=O)O)CC1. The number of aliphatic carboxylic acids is 1. The van der Waals surface area contributed by atoms with Crippen molar-refractivity contribution in [1.29, 1.82) is 0 Å². The molecule has 37 heavy (non-hydrogen) atoms. The average Bonchev–Trinajstić information content (AvgIpc) is 2.82. The minimum absolute atomic E-state index is 0.0648. The molecule has 14 nitrogen and oxygen atoms in total. The van der Waals surface area contributed by atoms with Crippen LogP contribution in [0.15, 0.2) is 0 Å². The van der Waals surface area contributed by atoms with Gasteiger partial charge in [0.2, 0.25) is 11.8 Å². The number of ether oxygens (including phenoxy) is 2. The van der Waals surface area contributed by atoms with E-state index in [2.05, 4.69) is 10.6 Å². The fourth-order valence-electron chi connectivity index (χ4n) is 3.52. The van der Waals surface area contributed by atoms with Gasteiger partial charge in [0.1, 0.15) is 13.5 Å². The van der Waals surface area contributed by atoms with Crippen molar-refractivity contribution in [2.45, 2.75) is 20.8 Å². The predicted octanol–water partition coefficient (Wildman–Crippen LogP) is -2.17. The molecule has 1 aliphatic heterocycles. The summed E-state index contributed by atoms with van der Waals surface area (Å²) in [5, 5.41) is 14.9. The van der Waals surface area contributed by atoms with E-state index in [1.54, 1.807) is 4.90 Å². The number of hydrogen-bond acceptors (Lipinski definition) is 11. The molecule has 1 aliphatic rings. The highest BCUT2D eigenvalue weighted by molar-refractivity contribution is 5.81. The molecule has 0 atom stereocenters. The minimum Gasteiger partial charge on any atom is -0.480 e. The maximum Gasteiger partial charge on any atom is 0.317 e. The van der Waals surface area contributed by atoms with Crippen molar-refractivity contribution in [2.24, 2.45) is 5.41 Å². The van der Waals surface area contributed by atoms with E-state index in [0.717, 1.165) is 0 Å². The zero-order chi connectivity index (χ0) is 27.7. The van der Waals surface area contributed by atoms with E-state index in [-0.39, 0.29) is 44.9 Å². The number of carbonyl (C=O) groups excluding carboxylic acids is 4. The molecule has 0 saturated carbocycles. The van der Waals surface area contributed by atoms with Crippen molar-refractivity contribution in [1.82, 2.24) is 30.2 Å². The van der Waals surface area contributed by atoms with Crippen LogP contribution in [0.25, 0.3) is 0 Å². The number of amides is 2. The molecule has 0 aromatic carbocycles. The van der Waals surface area contributed by atoms with Crippen molar-refractivity contribution in [3.8, 4) is 0 Å². The Labute approximate surface area is 218 Å². The fourth-order valence-corrected chi connectivity index (χ4v) is 3.52. The topological polar surface area (TPSA) is 161 Å². The van der Waals surface area contributed by atoms with Gasteiger partial charge in [0.25, 0.3) is 12.9 Å². The number of rotatable bonds is 13. The van der Waals surface area contributed by atoms with E-state index >= 15 is 0 Å². The normalized spacial score (nSPS) is 17.6. The second-order valence-electron chi connectivity index (χ2n) is 9.82. The lowest BCUT2D eigenvalue weighted by atomic mass is 9.96. The van der Waals surface area contributed by atoms with Gasteiger partial charge < -0.3 is 25.2 Å². The summed E-state index contributed by atoms with van der Waals surface area (Å²) in [6, 6.07) is 0. The van der Waals surface area contributed by atoms with E-state index in [1.165, 1.54) is 0 Å². The Balaban J connectivity index is 2.78. The van der Waals surface area contributed by atoms with Crippen molar-refractivity contribution in [2.75, 3.05) is 92.0 Å². The lowest BCUT2D eigenvalue weighted by molar-refractivity contribution is -0.139. The van der Waals surface area contributed by atoms with Gasteiger partial charge in [-0.3, -0.25) is 43.6 Å². The third-order valence-corrected chi connectivity index (χ3v) is 5.72. The number of carbonyl (C=O) groups is 5. The molecule has 212 valence electrons. The Morgan fingerprint density at radius 3 is 1.54 bits per heavy atom. The molecule has 1 heterocycles. The van der Waals surface area contributed by atoms with Crippen LogP contribution >= 0.6 is 0 Å². The summed E-state index contributed by atoms with van der Waals surface area (Å²) in [7, 11) is 0. The summed E-state index contributed by atoms with van der Waals surface area (Å²) in [4.78, 5) is 64.8. The van der Waals surface area contributed by atoms with Crippen LogP contribution in [0.1, 0.15) is 20.8 Å². The van der Waals surface area contributed by atoms with Crippen LogP contribution in [0, 0.1) is 5.41 Å². The minimum atomic E-state index is -0.957. The van der Waals surface area contributed by atoms with Gasteiger partial charge in [0, 0.05) is 70.9 Å². The lowest BCUT2D eigenvalue weighted by Gasteiger charge is -2.33. The van der Waals surface area contributed by atoms with Crippen LogP contribution in [-0.4, -0.2) is 147 Å². The van der Waals surface area contributed by atoms with Gasteiger partial charge in [-0.2, -0.15) is 0 Å². The Bertz CT molecular complexity index is 733. The van der Waals surface area contributed by atoms with Crippen LogP contribution in [0.2, 0.25) is 0 Å². The van der Waals surface area contributed by atoms with Gasteiger partial charge >= 0.3 is 5.97 Å². The van der Waals surface area contributed by atoms with Crippen LogP contribution in [-0.2, 0) is 33.4 Å². The largest absolute Gasteiger partial charge is 0.480 e. The van der Waals surface area contributed by atoms with E-state index in [4.69, 9.17) is 9.47 Å². The van der Waals surface area contributed by atoms with Gasteiger partial charge in [0.15, 0.2) is 0 Å². The molecule has 0 spiro atoms. The number of hydrogen-bond donors (Lipinski definition) is 3. The molecule has 0 aromatic heterocycles. The fraction of sp³-hybridized carbons (Fsp3) is 0.783. The first-order valence-corrected chi connectivity index (χ1v) is 12.3. The van der Waals surface area contributed by atoms with E-state index < -0.39 is 11.4 Å². The lowest BCUT2D eigenvalue weighted by Crippen LogP contribution is -2.49. The first-order valence-electron chi connectivity index (χ1n) is 12.3. The van der Waals surface area contributed by atoms with E-state index in [1.807, 2.05) is 35.5 Å². The Morgan fingerprint density at radius 2 is 1.14 bits per heavy atom. The number of carboxylic acids is 1. The molecule has 3 N–H and O–H groups in total. The molecule has 14 heteroatoms.